The monoisotopic (exact) mass is 236 g/mol. The molecule has 2 N–H and O–H groups in total. The Morgan fingerprint density at radius 3 is 2.35 bits per heavy atom. The van der Waals surface area contributed by atoms with E-state index in [0.717, 1.165) is 16.7 Å². The van der Waals surface area contributed by atoms with Crippen molar-refractivity contribution in [2.45, 2.75) is 33.1 Å². The van der Waals surface area contributed by atoms with Crippen LogP contribution < -0.4 is 0 Å². The fourth-order valence-electron chi connectivity index (χ4n) is 1.74. The molecule has 1 rings (SSSR count). The molecule has 1 aromatic carbocycles. The van der Waals surface area contributed by atoms with Gasteiger partial charge >= 0.3 is 11.9 Å². The molecule has 4 heteroatoms. The zero-order valence-electron chi connectivity index (χ0n) is 9.99. The maximum Gasteiger partial charge on any atom is 0.335 e. The highest BCUT2D eigenvalue weighted by Gasteiger charge is 2.10. The van der Waals surface area contributed by atoms with Gasteiger partial charge in [0.1, 0.15) is 0 Å². The zero-order chi connectivity index (χ0) is 13.0. The fraction of sp³-hybridized carbons (Fsp3) is 0.385. The van der Waals surface area contributed by atoms with Crippen molar-refractivity contribution in [1.29, 1.82) is 0 Å². The Hall–Kier alpha value is -1.84. The second kappa shape index (κ2) is 5.48. The van der Waals surface area contributed by atoms with Crippen LogP contribution in [0.3, 0.4) is 0 Å². The minimum atomic E-state index is -0.939. The van der Waals surface area contributed by atoms with Crippen molar-refractivity contribution in [2.75, 3.05) is 0 Å². The van der Waals surface area contributed by atoms with E-state index in [0.29, 0.717) is 18.4 Å². The van der Waals surface area contributed by atoms with Gasteiger partial charge in [0.15, 0.2) is 0 Å². The second-order valence-electron chi connectivity index (χ2n) is 4.14. The lowest BCUT2D eigenvalue weighted by molar-refractivity contribution is -0.137. The molecule has 1 aromatic rings. The number of hydrogen-bond donors (Lipinski definition) is 2. The van der Waals surface area contributed by atoms with E-state index in [-0.39, 0.29) is 6.42 Å². The standard InChI is InChI=1S/C13H16O4/c1-8-6-10(4-3-5-12(14)15)7-11(9(8)2)13(16)17/h6-7H,3-5H2,1-2H3,(H,14,15)(H,16,17). The molecular weight excluding hydrogens is 220 g/mol. The van der Waals surface area contributed by atoms with E-state index in [4.69, 9.17) is 10.2 Å². The Morgan fingerprint density at radius 2 is 1.82 bits per heavy atom. The SMILES string of the molecule is Cc1cc(CCCC(=O)O)cc(C(=O)O)c1C. The Morgan fingerprint density at radius 1 is 1.18 bits per heavy atom. The molecule has 17 heavy (non-hydrogen) atoms. The highest BCUT2D eigenvalue weighted by atomic mass is 16.4. The third kappa shape index (κ3) is 3.59. The summed E-state index contributed by atoms with van der Waals surface area (Å²) in [4.78, 5) is 21.4. The van der Waals surface area contributed by atoms with Crippen LogP contribution in [0.1, 0.15) is 39.9 Å². The molecule has 4 nitrogen and oxygen atoms in total. The van der Waals surface area contributed by atoms with E-state index in [1.807, 2.05) is 13.0 Å². The summed E-state index contributed by atoms with van der Waals surface area (Å²) in [6, 6.07) is 3.55. The van der Waals surface area contributed by atoms with Crippen molar-refractivity contribution in [2.24, 2.45) is 0 Å². The molecule has 0 radical (unpaired) electrons. The van der Waals surface area contributed by atoms with E-state index in [1.54, 1.807) is 13.0 Å². The smallest absolute Gasteiger partial charge is 0.335 e. The van der Waals surface area contributed by atoms with E-state index in [2.05, 4.69) is 0 Å². The number of hydrogen-bond acceptors (Lipinski definition) is 2. The van der Waals surface area contributed by atoms with Gasteiger partial charge in [-0.1, -0.05) is 6.07 Å². The van der Waals surface area contributed by atoms with Gasteiger partial charge in [0.05, 0.1) is 5.56 Å². The quantitative estimate of drug-likeness (QED) is 0.823. The van der Waals surface area contributed by atoms with Crippen molar-refractivity contribution < 1.29 is 19.8 Å². The summed E-state index contributed by atoms with van der Waals surface area (Å²) < 4.78 is 0. The van der Waals surface area contributed by atoms with E-state index >= 15 is 0 Å². The van der Waals surface area contributed by atoms with E-state index in [1.165, 1.54) is 0 Å². The Labute approximate surface area is 99.9 Å². The first kappa shape index (κ1) is 13.2. The van der Waals surface area contributed by atoms with Gasteiger partial charge in [-0.3, -0.25) is 4.79 Å². The van der Waals surface area contributed by atoms with Crippen molar-refractivity contribution in [3.05, 3.63) is 34.4 Å². The van der Waals surface area contributed by atoms with Gasteiger partial charge < -0.3 is 10.2 Å². The minimum Gasteiger partial charge on any atom is -0.481 e. The molecule has 0 saturated heterocycles. The molecule has 0 aliphatic rings. The molecule has 92 valence electrons. The van der Waals surface area contributed by atoms with Crippen LogP contribution in [0.15, 0.2) is 12.1 Å². The molecule has 0 aromatic heterocycles. The summed E-state index contributed by atoms with van der Waals surface area (Å²) in [5.74, 6) is -1.77. The lowest BCUT2D eigenvalue weighted by Gasteiger charge is -2.08. The van der Waals surface area contributed by atoms with Gasteiger partial charge in [0.2, 0.25) is 0 Å². The van der Waals surface area contributed by atoms with Crippen LogP contribution in [0, 0.1) is 13.8 Å². The lowest BCUT2D eigenvalue weighted by Crippen LogP contribution is -2.04. The highest BCUT2D eigenvalue weighted by Crippen LogP contribution is 2.18. The first-order valence-electron chi connectivity index (χ1n) is 5.47. The van der Waals surface area contributed by atoms with Gasteiger partial charge in [-0.25, -0.2) is 4.79 Å². The molecule has 0 fully saturated rings. The van der Waals surface area contributed by atoms with Crippen LogP contribution in [-0.4, -0.2) is 22.2 Å². The topological polar surface area (TPSA) is 74.6 Å². The Balaban J connectivity index is 2.87. The molecule has 0 bridgehead atoms. The third-order valence-electron chi connectivity index (χ3n) is 2.81. The maximum absolute atomic E-state index is 11.0. The summed E-state index contributed by atoms with van der Waals surface area (Å²) in [5, 5.41) is 17.6. The predicted molar refractivity (Wildman–Crippen MR) is 63.4 cm³/mol. The number of aromatic carboxylic acids is 1. The minimum absolute atomic E-state index is 0.106. The van der Waals surface area contributed by atoms with Crippen LogP contribution in [-0.2, 0) is 11.2 Å². The summed E-state index contributed by atoms with van der Waals surface area (Å²) in [7, 11) is 0. The fourth-order valence-corrected chi connectivity index (χ4v) is 1.74. The summed E-state index contributed by atoms with van der Waals surface area (Å²) in [6.45, 7) is 3.64. The maximum atomic E-state index is 11.0. The molecule has 0 saturated carbocycles. The molecular formula is C13H16O4. The number of aryl methyl sites for hydroxylation is 2. The molecule has 0 heterocycles. The van der Waals surface area contributed by atoms with E-state index in [9.17, 15) is 9.59 Å². The van der Waals surface area contributed by atoms with Crippen molar-refractivity contribution in [3.8, 4) is 0 Å². The number of carbonyl (C=O) groups is 2. The number of rotatable bonds is 5. The van der Waals surface area contributed by atoms with Crippen molar-refractivity contribution in [3.63, 3.8) is 0 Å². The van der Waals surface area contributed by atoms with Crippen LogP contribution in [0.4, 0.5) is 0 Å². The van der Waals surface area contributed by atoms with Gasteiger partial charge in [-0.2, -0.15) is 0 Å². The summed E-state index contributed by atoms with van der Waals surface area (Å²) in [5.41, 5.74) is 2.87. The molecule has 0 aliphatic heterocycles. The predicted octanol–water partition coefficient (Wildman–Crippen LogP) is 2.41. The number of aliphatic carboxylic acids is 1. The largest absolute Gasteiger partial charge is 0.481 e. The second-order valence-corrected chi connectivity index (χ2v) is 4.14. The van der Waals surface area contributed by atoms with Gasteiger partial charge in [-0.05, 0) is 49.4 Å². The van der Waals surface area contributed by atoms with Crippen LogP contribution in [0.25, 0.3) is 0 Å². The van der Waals surface area contributed by atoms with Crippen LogP contribution in [0.2, 0.25) is 0 Å². The molecule has 0 unspecified atom stereocenters. The average Bonchev–Trinajstić information content (AvgIpc) is 2.22. The number of carboxylic acid groups (broad SMARTS) is 2. The molecule has 0 aliphatic carbocycles. The zero-order valence-corrected chi connectivity index (χ0v) is 9.99. The number of carboxylic acids is 2. The van der Waals surface area contributed by atoms with E-state index < -0.39 is 11.9 Å². The normalized spacial score (nSPS) is 10.2. The molecule has 0 amide bonds. The average molecular weight is 236 g/mol. The molecule has 0 spiro atoms. The summed E-state index contributed by atoms with van der Waals surface area (Å²) in [6.07, 6.45) is 1.22. The Kier molecular flexibility index (Phi) is 4.26. The van der Waals surface area contributed by atoms with Gasteiger partial charge in [0.25, 0.3) is 0 Å². The summed E-state index contributed by atoms with van der Waals surface area (Å²) >= 11 is 0. The van der Waals surface area contributed by atoms with Crippen molar-refractivity contribution >= 4 is 11.9 Å². The first-order chi connectivity index (χ1) is 7.91. The van der Waals surface area contributed by atoms with Crippen molar-refractivity contribution in [1.82, 2.24) is 0 Å². The number of benzene rings is 1. The lowest BCUT2D eigenvalue weighted by atomic mass is 9.97. The van der Waals surface area contributed by atoms with Crippen LogP contribution >= 0.6 is 0 Å². The first-order valence-corrected chi connectivity index (χ1v) is 5.47. The van der Waals surface area contributed by atoms with Gasteiger partial charge in [0, 0.05) is 6.42 Å². The van der Waals surface area contributed by atoms with Gasteiger partial charge in [-0.15, -0.1) is 0 Å². The van der Waals surface area contributed by atoms with Crippen LogP contribution in [0.5, 0.6) is 0 Å². The molecule has 0 atom stereocenters. The Bertz CT molecular complexity index is 449. The third-order valence-corrected chi connectivity index (χ3v) is 2.81. The highest BCUT2D eigenvalue weighted by molar-refractivity contribution is 5.90.